The fourth-order valence-corrected chi connectivity index (χ4v) is 3.49. The molecule has 15 heavy (non-hydrogen) atoms. The third kappa shape index (κ3) is 1.96. The van der Waals surface area contributed by atoms with E-state index in [0.717, 1.165) is 0 Å². The van der Waals surface area contributed by atoms with Crippen molar-refractivity contribution in [2.75, 3.05) is 0 Å². The lowest BCUT2D eigenvalue weighted by Gasteiger charge is -2.42. The molecule has 0 amide bonds. The Morgan fingerprint density at radius 1 is 1.40 bits per heavy atom. The second-order valence-corrected chi connectivity index (χ2v) is 6.02. The number of Topliss-reactive ketones (excluding diaryl/α,β-unsaturated/α-hetero) is 1. The first-order valence-corrected chi connectivity index (χ1v) is 6.09. The molecule has 0 N–H and O–H groups in total. The van der Waals surface area contributed by atoms with Crippen LogP contribution in [-0.4, -0.2) is 18.0 Å². The number of ketones is 1. The van der Waals surface area contributed by atoms with Gasteiger partial charge in [-0.1, -0.05) is 33.6 Å². The van der Waals surface area contributed by atoms with Gasteiger partial charge in [-0.2, -0.15) is 0 Å². The van der Waals surface area contributed by atoms with Crippen LogP contribution in [-0.2, 0) is 9.53 Å². The number of hydrogen-bond acceptors (Lipinski definition) is 2. The normalized spacial score (nSPS) is 43.7. The van der Waals surface area contributed by atoms with Crippen molar-refractivity contribution in [2.24, 2.45) is 17.3 Å². The largest absolute Gasteiger partial charge is 0.361 e. The molecule has 1 heterocycles. The van der Waals surface area contributed by atoms with Gasteiger partial charge in [0.2, 0.25) is 0 Å². The van der Waals surface area contributed by atoms with Gasteiger partial charge in [0.1, 0.15) is 6.10 Å². The summed E-state index contributed by atoms with van der Waals surface area (Å²) in [6.07, 6.45) is 4.01. The Hall–Kier alpha value is -0.370. The lowest BCUT2D eigenvalue weighted by atomic mass is 9.62. The molecular weight excluding hydrogens is 188 g/mol. The summed E-state index contributed by atoms with van der Waals surface area (Å²) in [6.45, 7) is 8.61. The molecule has 2 nitrogen and oxygen atoms in total. The summed E-state index contributed by atoms with van der Waals surface area (Å²) in [5.41, 5.74) is 0.340. The maximum atomic E-state index is 11.3. The molecule has 4 unspecified atom stereocenters. The van der Waals surface area contributed by atoms with Gasteiger partial charge in [-0.15, -0.1) is 0 Å². The van der Waals surface area contributed by atoms with Gasteiger partial charge in [0.25, 0.3) is 0 Å². The summed E-state index contributed by atoms with van der Waals surface area (Å²) in [6, 6.07) is 0. The maximum Gasteiger partial charge on any atom is 0.161 e. The van der Waals surface area contributed by atoms with Crippen LogP contribution in [0.15, 0.2) is 0 Å². The van der Waals surface area contributed by atoms with E-state index in [1.807, 2.05) is 0 Å². The van der Waals surface area contributed by atoms with E-state index in [1.165, 1.54) is 19.3 Å². The first-order valence-electron chi connectivity index (χ1n) is 6.09. The highest BCUT2D eigenvalue weighted by atomic mass is 16.6. The van der Waals surface area contributed by atoms with E-state index < -0.39 is 0 Å². The molecule has 0 radical (unpaired) electrons. The summed E-state index contributed by atoms with van der Waals surface area (Å²) in [5, 5.41) is 0. The van der Waals surface area contributed by atoms with Crippen molar-refractivity contribution >= 4 is 5.78 Å². The van der Waals surface area contributed by atoms with Crippen LogP contribution in [0.1, 0.15) is 47.0 Å². The van der Waals surface area contributed by atoms with Crippen molar-refractivity contribution in [1.82, 2.24) is 0 Å². The number of ether oxygens (including phenoxy) is 1. The van der Waals surface area contributed by atoms with Crippen LogP contribution < -0.4 is 0 Å². The van der Waals surface area contributed by atoms with Crippen LogP contribution in [0.3, 0.4) is 0 Å². The highest BCUT2D eigenvalue weighted by molar-refractivity contribution is 5.83. The molecule has 0 spiro atoms. The average Bonchev–Trinajstić information content (AvgIpc) is 2.81. The Balaban J connectivity index is 2.09. The highest BCUT2D eigenvalue weighted by Crippen LogP contribution is 2.51. The van der Waals surface area contributed by atoms with Gasteiger partial charge in [0.15, 0.2) is 5.78 Å². The predicted molar refractivity (Wildman–Crippen MR) is 59.6 cm³/mol. The molecule has 2 aliphatic rings. The molecule has 0 aromatic rings. The van der Waals surface area contributed by atoms with Gasteiger partial charge in [0, 0.05) is 0 Å². The van der Waals surface area contributed by atoms with Crippen LogP contribution in [0, 0.1) is 17.3 Å². The van der Waals surface area contributed by atoms with Crippen LogP contribution in [0.2, 0.25) is 0 Å². The molecule has 86 valence electrons. The molecule has 2 fully saturated rings. The molecule has 1 aliphatic carbocycles. The molecule has 1 aliphatic heterocycles. The molecule has 1 saturated heterocycles. The molecule has 2 rings (SSSR count). The van der Waals surface area contributed by atoms with Crippen LogP contribution in [0.4, 0.5) is 0 Å². The van der Waals surface area contributed by atoms with Crippen molar-refractivity contribution in [3.8, 4) is 0 Å². The van der Waals surface area contributed by atoms with Crippen LogP contribution in [0.5, 0.6) is 0 Å². The lowest BCUT2D eigenvalue weighted by Crippen LogP contribution is -2.38. The summed E-state index contributed by atoms with van der Waals surface area (Å²) in [7, 11) is 0. The van der Waals surface area contributed by atoms with Crippen molar-refractivity contribution in [3.05, 3.63) is 0 Å². The number of carbonyl (C=O) groups is 1. The standard InChI is InChI=1S/C13H22O2/c1-8-6-5-7-13(3,4)10(8)12-11(15-12)9(2)14/h8,10-12H,5-7H2,1-4H3. The quantitative estimate of drug-likeness (QED) is 0.656. The SMILES string of the molecule is CC(=O)C1OC1C1C(C)CCCC1(C)C. The summed E-state index contributed by atoms with van der Waals surface area (Å²) < 4.78 is 5.57. The van der Waals surface area contributed by atoms with Gasteiger partial charge in [-0.25, -0.2) is 0 Å². The van der Waals surface area contributed by atoms with E-state index in [2.05, 4.69) is 20.8 Å². The molecule has 0 aromatic heterocycles. The van der Waals surface area contributed by atoms with Gasteiger partial charge >= 0.3 is 0 Å². The molecule has 0 aromatic carbocycles. The average molecular weight is 210 g/mol. The zero-order valence-electron chi connectivity index (χ0n) is 10.2. The number of hydrogen-bond donors (Lipinski definition) is 0. The first-order chi connectivity index (χ1) is 6.93. The van der Waals surface area contributed by atoms with Crippen molar-refractivity contribution in [3.63, 3.8) is 0 Å². The molecule has 2 heteroatoms. The number of rotatable bonds is 2. The second kappa shape index (κ2) is 3.58. The van der Waals surface area contributed by atoms with E-state index in [4.69, 9.17) is 4.74 Å². The minimum absolute atomic E-state index is 0.0881. The molecule has 0 bridgehead atoms. The predicted octanol–water partition coefficient (Wildman–Crippen LogP) is 2.81. The van der Waals surface area contributed by atoms with Crippen molar-refractivity contribution < 1.29 is 9.53 Å². The Morgan fingerprint density at radius 3 is 2.53 bits per heavy atom. The maximum absolute atomic E-state index is 11.3. The van der Waals surface area contributed by atoms with E-state index in [-0.39, 0.29) is 18.0 Å². The Kier molecular flexibility index (Phi) is 2.66. The Labute approximate surface area is 92.4 Å². The van der Waals surface area contributed by atoms with E-state index >= 15 is 0 Å². The summed E-state index contributed by atoms with van der Waals surface area (Å²) in [5.74, 6) is 1.47. The molecule has 1 saturated carbocycles. The third-order valence-electron chi connectivity index (χ3n) is 4.28. The Bertz CT molecular complexity index is 270. The smallest absolute Gasteiger partial charge is 0.161 e. The van der Waals surface area contributed by atoms with Crippen molar-refractivity contribution in [2.45, 2.75) is 59.2 Å². The fraction of sp³-hybridized carbons (Fsp3) is 0.923. The number of epoxide rings is 1. The minimum atomic E-state index is -0.0881. The Morgan fingerprint density at radius 2 is 2.07 bits per heavy atom. The molecule has 4 atom stereocenters. The number of carbonyl (C=O) groups excluding carboxylic acids is 1. The van der Waals surface area contributed by atoms with Gasteiger partial charge in [-0.3, -0.25) is 4.79 Å². The van der Waals surface area contributed by atoms with Crippen molar-refractivity contribution in [1.29, 1.82) is 0 Å². The first kappa shape index (κ1) is 11.1. The third-order valence-corrected chi connectivity index (χ3v) is 4.28. The van der Waals surface area contributed by atoms with Gasteiger partial charge < -0.3 is 4.74 Å². The second-order valence-electron chi connectivity index (χ2n) is 6.02. The minimum Gasteiger partial charge on any atom is -0.361 e. The highest BCUT2D eigenvalue weighted by Gasteiger charge is 2.54. The summed E-state index contributed by atoms with van der Waals surface area (Å²) >= 11 is 0. The lowest BCUT2D eigenvalue weighted by molar-refractivity contribution is -0.118. The van der Waals surface area contributed by atoms with E-state index in [9.17, 15) is 4.79 Å². The van der Waals surface area contributed by atoms with E-state index in [1.54, 1.807) is 6.92 Å². The monoisotopic (exact) mass is 210 g/mol. The van der Waals surface area contributed by atoms with Gasteiger partial charge in [0.05, 0.1) is 6.10 Å². The zero-order valence-corrected chi connectivity index (χ0v) is 10.2. The topological polar surface area (TPSA) is 29.6 Å². The summed E-state index contributed by atoms with van der Waals surface area (Å²) in [4.78, 5) is 11.3. The fourth-order valence-electron chi connectivity index (χ4n) is 3.49. The van der Waals surface area contributed by atoms with E-state index in [0.29, 0.717) is 17.3 Å². The zero-order chi connectivity index (χ0) is 11.2. The van der Waals surface area contributed by atoms with Crippen LogP contribution >= 0.6 is 0 Å². The van der Waals surface area contributed by atoms with Gasteiger partial charge in [-0.05, 0) is 30.6 Å². The molecular formula is C13H22O2. The van der Waals surface area contributed by atoms with Crippen LogP contribution in [0.25, 0.3) is 0 Å².